The van der Waals surface area contributed by atoms with Gasteiger partial charge in [-0.15, -0.1) is 0 Å². The minimum atomic E-state index is -0.384. The molecule has 1 aromatic rings. The summed E-state index contributed by atoms with van der Waals surface area (Å²) in [5, 5.41) is 18.0. The molecule has 1 aliphatic heterocycles. The van der Waals surface area contributed by atoms with Gasteiger partial charge in [0.1, 0.15) is 6.23 Å². The standard InChI is InChI=1S/C10H14N2O4S/c13-4-6-3-12(10(17)11-9(6)15)8-2-1-7(5-14)16-8/h3,7-8,13-14H,1-2,4-5H2,(H,11,15,17)/t7-,8+/m0/s1. The molecule has 2 atom stereocenters. The summed E-state index contributed by atoms with van der Waals surface area (Å²) in [5.74, 6) is 0. The van der Waals surface area contributed by atoms with Crippen LogP contribution in [0.1, 0.15) is 24.6 Å². The topological polar surface area (TPSA) is 87.5 Å². The van der Waals surface area contributed by atoms with Crippen LogP contribution in [-0.2, 0) is 11.3 Å². The van der Waals surface area contributed by atoms with Crippen molar-refractivity contribution in [1.29, 1.82) is 0 Å². The zero-order valence-corrected chi connectivity index (χ0v) is 9.94. The Bertz CT molecular complexity index is 510. The maximum atomic E-state index is 11.4. The predicted molar refractivity (Wildman–Crippen MR) is 62.0 cm³/mol. The minimum absolute atomic E-state index is 0.0277. The minimum Gasteiger partial charge on any atom is -0.394 e. The molecular formula is C10H14N2O4S. The van der Waals surface area contributed by atoms with Gasteiger partial charge in [-0.1, -0.05) is 0 Å². The monoisotopic (exact) mass is 258 g/mol. The lowest BCUT2D eigenvalue weighted by atomic mass is 10.2. The smallest absolute Gasteiger partial charge is 0.257 e. The van der Waals surface area contributed by atoms with Crippen molar-refractivity contribution in [3.8, 4) is 0 Å². The molecule has 3 N–H and O–H groups in total. The van der Waals surface area contributed by atoms with E-state index in [1.54, 1.807) is 4.57 Å². The SMILES string of the molecule is O=c1[nH]c(=S)n([C@H]2CC[C@@H](CO)O2)cc1CO. The fourth-order valence-electron chi connectivity index (χ4n) is 1.88. The third-order valence-electron chi connectivity index (χ3n) is 2.81. The predicted octanol–water partition coefficient (Wildman–Crippen LogP) is 0.0681. The van der Waals surface area contributed by atoms with Crippen molar-refractivity contribution in [2.24, 2.45) is 0 Å². The Balaban J connectivity index is 2.33. The van der Waals surface area contributed by atoms with Crippen molar-refractivity contribution < 1.29 is 14.9 Å². The second-order valence-corrected chi connectivity index (χ2v) is 4.34. The highest BCUT2D eigenvalue weighted by Gasteiger charge is 2.26. The molecule has 0 spiro atoms. The second kappa shape index (κ2) is 5.09. The molecule has 7 heteroatoms. The van der Waals surface area contributed by atoms with Crippen molar-refractivity contribution in [3.05, 3.63) is 26.9 Å². The molecule has 2 heterocycles. The van der Waals surface area contributed by atoms with E-state index in [4.69, 9.17) is 27.2 Å². The summed E-state index contributed by atoms with van der Waals surface area (Å²) < 4.78 is 7.43. The summed E-state index contributed by atoms with van der Waals surface area (Å²) in [4.78, 5) is 13.9. The molecule has 17 heavy (non-hydrogen) atoms. The lowest BCUT2D eigenvalue weighted by Gasteiger charge is -2.16. The molecule has 0 radical (unpaired) electrons. The van der Waals surface area contributed by atoms with Gasteiger partial charge < -0.3 is 14.9 Å². The molecule has 1 aromatic heterocycles. The normalized spacial score (nSPS) is 24.1. The molecule has 0 amide bonds. The van der Waals surface area contributed by atoms with Gasteiger partial charge in [0.2, 0.25) is 0 Å². The molecule has 0 aliphatic carbocycles. The van der Waals surface area contributed by atoms with E-state index in [1.165, 1.54) is 6.20 Å². The number of ether oxygens (including phenoxy) is 1. The van der Waals surface area contributed by atoms with Crippen molar-refractivity contribution >= 4 is 12.2 Å². The average Bonchev–Trinajstić information content (AvgIpc) is 2.78. The number of aromatic nitrogens is 2. The fourth-order valence-corrected chi connectivity index (χ4v) is 2.14. The maximum absolute atomic E-state index is 11.4. The number of hydrogen-bond acceptors (Lipinski definition) is 5. The molecule has 0 aromatic carbocycles. The first-order valence-electron chi connectivity index (χ1n) is 5.37. The van der Waals surface area contributed by atoms with Crippen LogP contribution in [0.5, 0.6) is 0 Å². The van der Waals surface area contributed by atoms with Gasteiger partial charge in [0.15, 0.2) is 4.77 Å². The van der Waals surface area contributed by atoms with Crippen LogP contribution in [0.4, 0.5) is 0 Å². The van der Waals surface area contributed by atoms with Crippen LogP contribution in [0.15, 0.2) is 11.0 Å². The third kappa shape index (κ3) is 2.47. The van der Waals surface area contributed by atoms with Crippen LogP contribution in [0.2, 0.25) is 0 Å². The van der Waals surface area contributed by atoms with Crippen LogP contribution in [-0.4, -0.2) is 32.5 Å². The Morgan fingerprint density at radius 2 is 2.29 bits per heavy atom. The molecular weight excluding hydrogens is 244 g/mol. The molecule has 1 fully saturated rings. The zero-order chi connectivity index (χ0) is 12.4. The number of aliphatic hydroxyl groups is 2. The van der Waals surface area contributed by atoms with Gasteiger partial charge in [0, 0.05) is 6.20 Å². The summed E-state index contributed by atoms with van der Waals surface area (Å²) in [6.07, 6.45) is 2.49. The number of nitrogens with zero attached hydrogens (tertiary/aromatic N) is 1. The summed E-state index contributed by atoms with van der Waals surface area (Å²) >= 11 is 5.04. The molecule has 0 bridgehead atoms. The van der Waals surface area contributed by atoms with E-state index in [0.29, 0.717) is 0 Å². The van der Waals surface area contributed by atoms with Crippen molar-refractivity contribution in [2.45, 2.75) is 31.8 Å². The number of hydrogen-bond donors (Lipinski definition) is 3. The van der Waals surface area contributed by atoms with E-state index in [0.717, 1.165) is 12.8 Å². The van der Waals surface area contributed by atoms with Crippen LogP contribution in [0.25, 0.3) is 0 Å². The van der Waals surface area contributed by atoms with Crippen LogP contribution < -0.4 is 5.56 Å². The molecule has 2 rings (SSSR count). The van der Waals surface area contributed by atoms with E-state index < -0.39 is 0 Å². The largest absolute Gasteiger partial charge is 0.394 e. The highest BCUT2D eigenvalue weighted by atomic mass is 32.1. The molecule has 6 nitrogen and oxygen atoms in total. The summed E-state index contributed by atoms with van der Waals surface area (Å²) in [6, 6.07) is 0. The highest BCUT2D eigenvalue weighted by molar-refractivity contribution is 7.71. The Morgan fingerprint density at radius 3 is 2.88 bits per heavy atom. The number of H-pyrrole nitrogens is 1. The Morgan fingerprint density at radius 1 is 1.53 bits per heavy atom. The lowest BCUT2D eigenvalue weighted by Crippen LogP contribution is -2.21. The van der Waals surface area contributed by atoms with Crippen molar-refractivity contribution in [3.63, 3.8) is 0 Å². The highest BCUT2D eigenvalue weighted by Crippen LogP contribution is 2.27. The van der Waals surface area contributed by atoms with E-state index in [9.17, 15) is 4.79 Å². The van der Waals surface area contributed by atoms with E-state index in [-0.39, 0.29) is 41.4 Å². The Labute approximate surface area is 102 Å². The van der Waals surface area contributed by atoms with Gasteiger partial charge in [0.25, 0.3) is 5.56 Å². The summed E-state index contributed by atoms with van der Waals surface area (Å²) in [7, 11) is 0. The molecule has 1 saturated heterocycles. The number of aliphatic hydroxyl groups excluding tert-OH is 2. The average molecular weight is 258 g/mol. The number of rotatable bonds is 3. The number of nitrogens with one attached hydrogen (secondary N) is 1. The first kappa shape index (κ1) is 12.4. The number of aromatic amines is 1. The van der Waals surface area contributed by atoms with E-state index in [1.807, 2.05) is 0 Å². The molecule has 0 unspecified atom stereocenters. The van der Waals surface area contributed by atoms with E-state index in [2.05, 4.69) is 4.98 Å². The Kier molecular flexibility index (Phi) is 3.72. The first-order chi connectivity index (χ1) is 8.15. The second-order valence-electron chi connectivity index (χ2n) is 3.95. The van der Waals surface area contributed by atoms with Crippen LogP contribution >= 0.6 is 12.2 Å². The fraction of sp³-hybridized carbons (Fsp3) is 0.600. The quantitative estimate of drug-likeness (QED) is 0.668. The van der Waals surface area contributed by atoms with Gasteiger partial charge in [-0.3, -0.25) is 14.3 Å². The summed E-state index contributed by atoms with van der Waals surface area (Å²) in [6.45, 7) is -0.374. The third-order valence-corrected chi connectivity index (χ3v) is 3.12. The maximum Gasteiger partial charge on any atom is 0.257 e. The van der Waals surface area contributed by atoms with Crippen molar-refractivity contribution in [2.75, 3.05) is 6.61 Å². The summed E-state index contributed by atoms with van der Waals surface area (Å²) in [5.41, 5.74) is -0.139. The van der Waals surface area contributed by atoms with Crippen LogP contribution in [0.3, 0.4) is 0 Å². The first-order valence-corrected chi connectivity index (χ1v) is 5.78. The molecule has 1 aliphatic rings. The zero-order valence-electron chi connectivity index (χ0n) is 9.13. The van der Waals surface area contributed by atoms with Crippen LogP contribution in [0, 0.1) is 4.77 Å². The van der Waals surface area contributed by atoms with Gasteiger partial charge in [-0.05, 0) is 25.1 Å². The van der Waals surface area contributed by atoms with Gasteiger partial charge >= 0.3 is 0 Å². The van der Waals surface area contributed by atoms with Gasteiger partial charge in [0.05, 0.1) is 24.9 Å². The van der Waals surface area contributed by atoms with E-state index >= 15 is 0 Å². The lowest BCUT2D eigenvalue weighted by molar-refractivity contribution is -0.0239. The molecule has 94 valence electrons. The molecule has 0 saturated carbocycles. The van der Waals surface area contributed by atoms with Gasteiger partial charge in [-0.2, -0.15) is 0 Å². The Hall–Kier alpha value is -1.02. The van der Waals surface area contributed by atoms with Crippen molar-refractivity contribution in [1.82, 2.24) is 9.55 Å². The van der Waals surface area contributed by atoms with Gasteiger partial charge in [-0.25, -0.2) is 0 Å².